The van der Waals surface area contributed by atoms with Crippen LogP contribution in [-0.4, -0.2) is 20.4 Å². The lowest BCUT2D eigenvalue weighted by Gasteiger charge is -2.07. The van der Waals surface area contributed by atoms with Crippen molar-refractivity contribution in [2.45, 2.75) is 19.9 Å². The number of amides is 1. The second-order valence-electron chi connectivity index (χ2n) is 4.36. The van der Waals surface area contributed by atoms with E-state index in [1.807, 2.05) is 6.92 Å². The number of aromatic nitrogens is 2. The van der Waals surface area contributed by atoms with Crippen LogP contribution >= 0.6 is 11.6 Å². The van der Waals surface area contributed by atoms with E-state index in [0.29, 0.717) is 17.4 Å². The molecular weight excluding hydrogens is 296 g/mol. The number of rotatable bonds is 5. The zero-order valence-electron chi connectivity index (χ0n) is 11.2. The molecule has 0 aromatic carbocycles. The van der Waals surface area contributed by atoms with E-state index in [2.05, 4.69) is 10.3 Å². The minimum Gasteiger partial charge on any atom is -0.337 e. The molecule has 0 bridgehead atoms. The van der Waals surface area contributed by atoms with Crippen LogP contribution in [0.1, 0.15) is 23.8 Å². The van der Waals surface area contributed by atoms with E-state index >= 15 is 0 Å². The van der Waals surface area contributed by atoms with Crippen molar-refractivity contribution in [3.05, 3.63) is 51.6 Å². The van der Waals surface area contributed by atoms with Gasteiger partial charge in [0.25, 0.3) is 11.6 Å². The first-order valence-corrected chi connectivity index (χ1v) is 6.66. The normalized spacial score (nSPS) is 10.4. The first-order chi connectivity index (χ1) is 10.0. The lowest BCUT2D eigenvalue weighted by molar-refractivity contribution is -0.384. The number of nitro groups is 1. The Kier molecular flexibility index (Phi) is 4.54. The smallest absolute Gasteiger partial charge is 0.287 e. The average Bonchev–Trinajstić information content (AvgIpc) is 2.86. The number of hydrogen-bond acceptors (Lipinski definition) is 4. The monoisotopic (exact) mass is 308 g/mol. The van der Waals surface area contributed by atoms with Crippen LogP contribution in [0.3, 0.4) is 0 Å². The summed E-state index contributed by atoms with van der Waals surface area (Å²) in [7, 11) is 0. The highest BCUT2D eigenvalue weighted by Gasteiger charge is 2.19. The first kappa shape index (κ1) is 15.0. The Hall–Kier alpha value is -2.41. The fourth-order valence-corrected chi connectivity index (χ4v) is 1.97. The quantitative estimate of drug-likeness (QED) is 0.522. The summed E-state index contributed by atoms with van der Waals surface area (Å²) in [6.07, 6.45) is 3.54. The molecule has 1 N–H and O–H groups in total. The second kappa shape index (κ2) is 6.36. The van der Waals surface area contributed by atoms with Crippen LogP contribution in [0, 0.1) is 10.1 Å². The first-order valence-electron chi connectivity index (χ1n) is 6.28. The molecule has 0 aliphatic carbocycles. The molecule has 2 rings (SSSR count). The number of nitrogens with one attached hydrogen (secondary N) is 1. The van der Waals surface area contributed by atoms with Crippen molar-refractivity contribution in [1.29, 1.82) is 0 Å². The van der Waals surface area contributed by atoms with Gasteiger partial charge in [0.15, 0.2) is 0 Å². The Morgan fingerprint density at radius 2 is 2.29 bits per heavy atom. The summed E-state index contributed by atoms with van der Waals surface area (Å²) in [6.45, 7) is 2.45. The molecule has 21 heavy (non-hydrogen) atoms. The molecule has 0 unspecified atom stereocenters. The fraction of sp³-hybridized carbons (Fsp3) is 0.231. The van der Waals surface area contributed by atoms with E-state index < -0.39 is 10.8 Å². The summed E-state index contributed by atoms with van der Waals surface area (Å²) in [4.78, 5) is 26.4. The van der Waals surface area contributed by atoms with Crippen LogP contribution in [-0.2, 0) is 6.54 Å². The number of hydrogen-bond donors (Lipinski definition) is 1. The van der Waals surface area contributed by atoms with Gasteiger partial charge in [-0.2, -0.15) is 0 Å². The van der Waals surface area contributed by atoms with Gasteiger partial charge in [0, 0.05) is 12.6 Å². The zero-order chi connectivity index (χ0) is 15.4. The van der Waals surface area contributed by atoms with E-state index in [0.717, 1.165) is 6.42 Å². The molecule has 2 heterocycles. The molecule has 0 aliphatic rings. The highest BCUT2D eigenvalue weighted by molar-refractivity contribution is 6.29. The second-order valence-corrected chi connectivity index (χ2v) is 4.75. The minimum absolute atomic E-state index is 0.108. The van der Waals surface area contributed by atoms with Crippen molar-refractivity contribution in [1.82, 2.24) is 9.55 Å². The maximum atomic E-state index is 12.2. The molecule has 0 aliphatic heterocycles. The van der Waals surface area contributed by atoms with Crippen LogP contribution in [0.25, 0.3) is 0 Å². The minimum atomic E-state index is -0.521. The lowest BCUT2D eigenvalue weighted by Crippen LogP contribution is -2.16. The Balaban J connectivity index is 2.25. The van der Waals surface area contributed by atoms with Crippen LogP contribution < -0.4 is 5.32 Å². The van der Waals surface area contributed by atoms with E-state index in [-0.39, 0.29) is 11.4 Å². The molecule has 0 spiro atoms. The van der Waals surface area contributed by atoms with Crippen LogP contribution in [0.4, 0.5) is 11.4 Å². The fourth-order valence-electron chi connectivity index (χ4n) is 1.86. The maximum absolute atomic E-state index is 12.2. The molecular formula is C13H13ClN4O3. The molecule has 0 fully saturated rings. The third-order valence-corrected chi connectivity index (χ3v) is 3.00. The van der Waals surface area contributed by atoms with E-state index in [9.17, 15) is 14.9 Å². The van der Waals surface area contributed by atoms with Crippen molar-refractivity contribution < 1.29 is 9.72 Å². The summed E-state index contributed by atoms with van der Waals surface area (Å²) in [5.74, 6) is -0.430. The van der Waals surface area contributed by atoms with Crippen LogP contribution in [0.5, 0.6) is 0 Å². The molecule has 0 saturated carbocycles. The predicted octanol–water partition coefficient (Wildman–Crippen LogP) is 3.11. The molecule has 2 aromatic rings. The third-order valence-electron chi connectivity index (χ3n) is 2.78. The Bertz CT molecular complexity index is 667. The zero-order valence-corrected chi connectivity index (χ0v) is 12.0. The number of anilines is 1. The Morgan fingerprint density at radius 1 is 1.52 bits per heavy atom. The average molecular weight is 309 g/mol. The number of halogens is 1. The summed E-state index contributed by atoms with van der Waals surface area (Å²) < 4.78 is 1.57. The van der Waals surface area contributed by atoms with Crippen molar-refractivity contribution in [3.63, 3.8) is 0 Å². The van der Waals surface area contributed by atoms with Gasteiger partial charge in [0.1, 0.15) is 10.8 Å². The molecule has 0 saturated heterocycles. The molecule has 1 amide bonds. The van der Waals surface area contributed by atoms with Crippen molar-refractivity contribution in [3.8, 4) is 0 Å². The van der Waals surface area contributed by atoms with E-state index in [4.69, 9.17) is 11.6 Å². The number of carbonyl (C=O) groups excluding carboxylic acids is 1. The molecule has 0 atom stereocenters. The van der Waals surface area contributed by atoms with Gasteiger partial charge in [-0.3, -0.25) is 14.9 Å². The van der Waals surface area contributed by atoms with E-state index in [1.54, 1.807) is 16.7 Å². The van der Waals surface area contributed by atoms with Gasteiger partial charge in [-0.1, -0.05) is 18.5 Å². The predicted molar refractivity (Wildman–Crippen MR) is 78.6 cm³/mol. The molecule has 7 nitrogen and oxygen atoms in total. The number of pyridine rings is 1. The van der Waals surface area contributed by atoms with Gasteiger partial charge in [-0.05, 0) is 18.6 Å². The molecule has 2 aromatic heterocycles. The highest BCUT2D eigenvalue weighted by atomic mass is 35.5. The number of carbonyl (C=O) groups is 1. The van der Waals surface area contributed by atoms with Crippen LogP contribution in [0.15, 0.2) is 30.6 Å². The lowest BCUT2D eigenvalue weighted by atomic mass is 10.3. The summed E-state index contributed by atoms with van der Waals surface area (Å²) in [6, 6.07) is 4.41. The van der Waals surface area contributed by atoms with Gasteiger partial charge < -0.3 is 9.88 Å². The van der Waals surface area contributed by atoms with Gasteiger partial charge >= 0.3 is 0 Å². The maximum Gasteiger partial charge on any atom is 0.287 e. The standard InChI is InChI=1S/C13H13ClN4O3/c1-2-5-17-8-10(18(20)21)6-11(17)13(19)16-9-3-4-12(14)15-7-9/h3-4,6-8H,2,5H2,1H3,(H,16,19). The molecule has 110 valence electrons. The summed E-state index contributed by atoms with van der Waals surface area (Å²) in [5.41, 5.74) is 0.595. The highest BCUT2D eigenvalue weighted by Crippen LogP contribution is 2.19. The molecule has 8 heteroatoms. The largest absolute Gasteiger partial charge is 0.337 e. The SMILES string of the molecule is CCCn1cc([N+](=O)[O-])cc1C(=O)Nc1ccc(Cl)nc1. The Morgan fingerprint density at radius 3 is 2.86 bits per heavy atom. The van der Waals surface area contributed by atoms with Gasteiger partial charge in [-0.15, -0.1) is 0 Å². The number of aryl methyl sites for hydroxylation is 1. The number of nitrogens with zero attached hydrogens (tertiary/aromatic N) is 3. The Labute approximate surface area is 125 Å². The van der Waals surface area contributed by atoms with Gasteiger partial charge in [0.2, 0.25) is 0 Å². The molecule has 0 radical (unpaired) electrons. The van der Waals surface area contributed by atoms with Crippen molar-refractivity contribution in [2.24, 2.45) is 0 Å². The van der Waals surface area contributed by atoms with Crippen molar-refractivity contribution >= 4 is 28.9 Å². The van der Waals surface area contributed by atoms with Crippen molar-refractivity contribution in [2.75, 3.05) is 5.32 Å². The summed E-state index contributed by atoms with van der Waals surface area (Å²) in [5, 5.41) is 13.8. The topological polar surface area (TPSA) is 90.1 Å². The third kappa shape index (κ3) is 3.57. The van der Waals surface area contributed by atoms with Gasteiger partial charge in [-0.25, -0.2) is 4.98 Å². The van der Waals surface area contributed by atoms with Crippen LogP contribution in [0.2, 0.25) is 5.15 Å². The van der Waals surface area contributed by atoms with Gasteiger partial charge in [0.05, 0.1) is 23.0 Å². The van der Waals surface area contributed by atoms with E-state index in [1.165, 1.54) is 18.5 Å². The summed E-state index contributed by atoms with van der Waals surface area (Å²) >= 11 is 5.67.